The Kier molecular flexibility index (Phi) is 4.86. The van der Waals surface area contributed by atoms with E-state index >= 15 is 0 Å². The van der Waals surface area contributed by atoms with Crippen molar-refractivity contribution >= 4 is 29.1 Å². The first-order valence-electron chi connectivity index (χ1n) is 6.55. The molecule has 0 fully saturated rings. The average Bonchev–Trinajstić information content (AvgIpc) is 2.46. The number of hydrogen-bond donors (Lipinski definition) is 0. The van der Waals surface area contributed by atoms with Crippen LogP contribution in [0.1, 0.15) is 34.6 Å². The third-order valence-corrected chi connectivity index (χ3v) is 4.03. The highest BCUT2D eigenvalue weighted by molar-refractivity contribution is 6.35. The number of carbonyl (C=O) groups is 1. The van der Waals surface area contributed by atoms with E-state index in [1.165, 1.54) is 0 Å². The normalized spacial score (nSPS) is 12.0. The number of aromatic nitrogens is 1. The fourth-order valence-corrected chi connectivity index (χ4v) is 2.59. The Bertz CT molecular complexity index is 656. The molecular weight excluding hydrogens is 307 g/mol. The average molecular weight is 323 g/mol. The lowest BCUT2D eigenvalue weighted by Gasteiger charge is -2.26. The largest absolute Gasteiger partial charge is 0.335 e. The summed E-state index contributed by atoms with van der Waals surface area (Å²) in [4.78, 5) is 18.3. The molecule has 0 aliphatic heterocycles. The highest BCUT2D eigenvalue weighted by Gasteiger charge is 2.21. The van der Waals surface area contributed by atoms with Gasteiger partial charge in [-0.3, -0.25) is 9.78 Å². The molecular formula is C16H16Cl2N2O. The second-order valence-corrected chi connectivity index (χ2v) is 5.79. The van der Waals surface area contributed by atoms with Crippen LogP contribution >= 0.6 is 23.2 Å². The minimum absolute atomic E-state index is 0.0963. The van der Waals surface area contributed by atoms with Crippen molar-refractivity contribution in [3.05, 3.63) is 63.4 Å². The van der Waals surface area contributed by atoms with E-state index in [2.05, 4.69) is 4.98 Å². The minimum Gasteiger partial charge on any atom is -0.335 e. The van der Waals surface area contributed by atoms with Crippen LogP contribution in [0.15, 0.2) is 36.5 Å². The molecule has 3 nitrogen and oxygen atoms in total. The van der Waals surface area contributed by atoms with Crippen molar-refractivity contribution in [2.75, 3.05) is 7.05 Å². The molecule has 0 aliphatic carbocycles. The Balaban J connectivity index is 2.24. The molecule has 2 aromatic rings. The molecule has 1 amide bonds. The van der Waals surface area contributed by atoms with Crippen molar-refractivity contribution < 1.29 is 4.79 Å². The fraction of sp³-hybridized carbons (Fsp3) is 0.250. The molecule has 1 aromatic heterocycles. The lowest BCUT2D eigenvalue weighted by Crippen LogP contribution is -2.29. The summed E-state index contributed by atoms with van der Waals surface area (Å²) in [6.45, 7) is 3.81. The van der Waals surface area contributed by atoms with Gasteiger partial charge in [0.2, 0.25) is 0 Å². The molecule has 0 aliphatic rings. The van der Waals surface area contributed by atoms with Crippen molar-refractivity contribution in [3.8, 4) is 0 Å². The topological polar surface area (TPSA) is 33.2 Å². The van der Waals surface area contributed by atoms with E-state index in [4.69, 9.17) is 23.2 Å². The fourth-order valence-electron chi connectivity index (χ4n) is 2.02. The van der Waals surface area contributed by atoms with Gasteiger partial charge < -0.3 is 4.90 Å². The van der Waals surface area contributed by atoms with Crippen LogP contribution < -0.4 is 0 Å². The molecule has 0 N–H and O–H groups in total. The van der Waals surface area contributed by atoms with Crippen LogP contribution in [0.2, 0.25) is 10.0 Å². The van der Waals surface area contributed by atoms with Gasteiger partial charge in [0.15, 0.2) is 0 Å². The van der Waals surface area contributed by atoms with Crippen LogP contribution in [0.25, 0.3) is 0 Å². The Morgan fingerprint density at radius 3 is 2.52 bits per heavy atom. The summed E-state index contributed by atoms with van der Waals surface area (Å²) in [5.74, 6) is -0.0963. The molecule has 0 bridgehead atoms. The summed E-state index contributed by atoms with van der Waals surface area (Å²) in [5.41, 5.74) is 2.29. The Morgan fingerprint density at radius 1 is 1.24 bits per heavy atom. The van der Waals surface area contributed by atoms with Crippen LogP contribution in [0.3, 0.4) is 0 Å². The molecule has 5 heteroatoms. The molecule has 1 heterocycles. The first kappa shape index (κ1) is 15.8. The van der Waals surface area contributed by atoms with Crippen molar-refractivity contribution in [1.29, 1.82) is 0 Å². The highest BCUT2D eigenvalue weighted by Crippen LogP contribution is 2.29. The quantitative estimate of drug-likeness (QED) is 0.831. The number of benzene rings is 1. The van der Waals surface area contributed by atoms with Gasteiger partial charge in [-0.05, 0) is 43.7 Å². The zero-order valence-corrected chi connectivity index (χ0v) is 13.6. The van der Waals surface area contributed by atoms with E-state index < -0.39 is 0 Å². The van der Waals surface area contributed by atoms with Crippen molar-refractivity contribution in [2.24, 2.45) is 0 Å². The molecule has 1 aromatic carbocycles. The Morgan fingerprint density at radius 2 is 1.95 bits per heavy atom. The molecule has 0 saturated heterocycles. The standard InChI is InChI=1S/C16H16Cl2N2O/c1-10-4-5-12(9-19-10)16(21)20(3)11(2)14-7-6-13(17)8-15(14)18/h4-9,11H,1-3H3/t11-/m1/s1. The summed E-state index contributed by atoms with van der Waals surface area (Å²) in [6.07, 6.45) is 1.59. The summed E-state index contributed by atoms with van der Waals surface area (Å²) >= 11 is 12.1. The van der Waals surface area contributed by atoms with E-state index in [0.29, 0.717) is 15.6 Å². The number of rotatable bonds is 3. The summed E-state index contributed by atoms with van der Waals surface area (Å²) in [7, 11) is 1.75. The summed E-state index contributed by atoms with van der Waals surface area (Å²) in [6, 6.07) is 8.72. The van der Waals surface area contributed by atoms with Crippen LogP contribution in [0, 0.1) is 6.92 Å². The number of aryl methyl sites for hydroxylation is 1. The molecule has 21 heavy (non-hydrogen) atoms. The van der Waals surface area contributed by atoms with Gasteiger partial charge in [-0.2, -0.15) is 0 Å². The second-order valence-electron chi connectivity index (χ2n) is 4.95. The smallest absolute Gasteiger partial charge is 0.255 e. The van der Waals surface area contributed by atoms with E-state index in [1.54, 1.807) is 36.3 Å². The third kappa shape index (κ3) is 3.55. The Hall–Kier alpha value is -1.58. The number of carbonyl (C=O) groups excluding carboxylic acids is 1. The number of amides is 1. The maximum atomic E-state index is 12.5. The molecule has 0 saturated carbocycles. The maximum Gasteiger partial charge on any atom is 0.255 e. The second kappa shape index (κ2) is 6.46. The van der Waals surface area contributed by atoms with Gasteiger partial charge in [0.1, 0.15) is 0 Å². The predicted molar refractivity (Wildman–Crippen MR) is 85.9 cm³/mol. The van der Waals surface area contributed by atoms with Crippen LogP contribution in [0.5, 0.6) is 0 Å². The molecule has 1 atom stereocenters. The molecule has 0 spiro atoms. The van der Waals surface area contributed by atoms with Crippen molar-refractivity contribution in [1.82, 2.24) is 9.88 Å². The van der Waals surface area contributed by atoms with Crippen molar-refractivity contribution in [2.45, 2.75) is 19.9 Å². The van der Waals surface area contributed by atoms with Gasteiger partial charge in [0.05, 0.1) is 11.6 Å². The molecule has 110 valence electrons. The van der Waals surface area contributed by atoms with Crippen molar-refractivity contribution in [3.63, 3.8) is 0 Å². The first-order chi connectivity index (χ1) is 9.90. The molecule has 0 radical (unpaired) electrons. The zero-order chi connectivity index (χ0) is 15.6. The monoisotopic (exact) mass is 322 g/mol. The van der Waals surface area contributed by atoms with Crippen LogP contribution in [-0.4, -0.2) is 22.8 Å². The number of hydrogen-bond acceptors (Lipinski definition) is 2. The first-order valence-corrected chi connectivity index (χ1v) is 7.30. The van der Waals surface area contributed by atoms with Gasteiger partial charge in [-0.15, -0.1) is 0 Å². The van der Waals surface area contributed by atoms with Gasteiger partial charge in [-0.1, -0.05) is 29.3 Å². The minimum atomic E-state index is -0.163. The van der Waals surface area contributed by atoms with Gasteiger partial charge in [0.25, 0.3) is 5.91 Å². The Labute approximate surface area is 134 Å². The van der Waals surface area contributed by atoms with Crippen LogP contribution in [-0.2, 0) is 0 Å². The number of nitrogens with zero attached hydrogens (tertiary/aromatic N) is 2. The number of halogens is 2. The van der Waals surface area contributed by atoms with Gasteiger partial charge in [-0.25, -0.2) is 0 Å². The maximum absolute atomic E-state index is 12.5. The lowest BCUT2D eigenvalue weighted by molar-refractivity contribution is 0.0742. The van der Waals surface area contributed by atoms with E-state index in [0.717, 1.165) is 11.3 Å². The molecule has 0 unspecified atom stereocenters. The van der Waals surface area contributed by atoms with E-state index in [-0.39, 0.29) is 11.9 Å². The van der Waals surface area contributed by atoms with E-state index in [1.807, 2.05) is 26.0 Å². The SMILES string of the molecule is Cc1ccc(C(=O)N(C)[C@H](C)c2ccc(Cl)cc2Cl)cn1. The van der Waals surface area contributed by atoms with Crippen LogP contribution in [0.4, 0.5) is 0 Å². The van der Waals surface area contributed by atoms with Gasteiger partial charge >= 0.3 is 0 Å². The zero-order valence-electron chi connectivity index (χ0n) is 12.1. The predicted octanol–water partition coefficient (Wildman–Crippen LogP) is 4.53. The summed E-state index contributed by atoms with van der Waals surface area (Å²) < 4.78 is 0. The number of pyridine rings is 1. The lowest BCUT2D eigenvalue weighted by atomic mass is 10.1. The highest BCUT2D eigenvalue weighted by atomic mass is 35.5. The van der Waals surface area contributed by atoms with E-state index in [9.17, 15) is 4.79 Å². The summed E-state index contributed by atoms with van der Waals surface area (Å²) in [5, 5.41) is 1.13. The third-order valence-electron chi connectivity index (χ3n) is 3.47. The molecule has 2 rings (SSSR count). The van der Waals surface area contributed by atoms with Gasteiger partial charge in [0, 0.05) is 29.0 Å².